The smallest absolute Gasteiger partial charge is 0.333 e. The lowest BCUT2D eigenvalue weighted by molar-refractivity contribution is -0.143. The van der Waals surface area contributed by atoms with Crippen LogP contribution in [0.2, 0.25) is 0 Å². The van der Waals surface area contributed by atoms with Crippen LogP contribution >= 0.6 is 0 Å². The zero-order valence-electron chi connectivity index (χ0n) is 10.7. The molecule has 0 rings (SSSR count). The minimum Gasteiger partial charge on any atom is -0.466 e. The molecule has 0 amide bonds. The van der Waals surface area contributed by atoms with E-state index in [-0.39, 0.29) is 11.9 Å². The molecular weight excluding hydrogens is 222 g/mol. The summed E-state index contributed by atoms with van der Waals surface area (Å²) < 4.78 is 9.40. The first-order valence-electron chi connectivity index (χ1n) is 5.79. The van der Waals surface area contributed by atoms with E-state index in [1.54, 1.807) is 13.0 Å². The van der Waals surface area contributed by atoms with Crippen molar-refractivity contribution in [2.45, 2.75) is 26.7 Å². The van der Waals surface area contributed by atoms with Gasteiger partial charge in [-0.25, -0.2) is 4.79 Å². The molecule has 0 radical (unpaired) electrons. The van der Waals surface area contributed by atoms with Crippen molar-refractivity contribution in [3.05, 3.63) is 11.6 Å². The van der Waals surface area contributed by atoms with Crippen molar-refractivity contribution < 1.29 is 19.1 Å². The van der Waals surface area contributed by atoms with Gasteiger partial charge < -0.3 is 14.8 Å². The lowest BCUT2D eigenvalue weighted by Crippen LogP contribution is -2.20. The first-order chi connectivity index (χ1) is 8.15. The van der Waals surface area contributed by atoms with Crippen LogP contribution in [0.15, 0.2) is 11.6 Å². The summed E-state index contributed by atoms with van der Waals surface area (Å²) in [7, 11) is 1.36. The van der Waals surface area contributed by atoms with E-state index in [0.717, 1.165) is 0 Å². The molecule has 98 valence electrons. The quantitative estimate of drug-likeness (QED) is 0.392. The molecule has 0 saturated heterocycles. The molecule has 17 heavy (non-hydrogen) atoms. The summed E-state index contributed by atoms with van der Waals surface area (Å²) in [5, 5.41) is 3.03. The molecule has 0 heterocycles. The zero-order valence-corrected chi connectivity index (χ0v) is 10.7. The van der Waals surface area contributed by atoms with E-state index in [9.17, 15) is 9.59 Å². The maximum Gasteiger partial charge on any atom is 0.333 e. The number of rotatable bonds is 8. The van der Waals surface area contributed by atoms with Crippen molar-refractivity contribution in [3.8, 4) is 0 Å². The second kappa shape index (κ2) is 9.84. The lowest BCUT2D eigenvalue weighted by atomic mass is 10.2. The fraction of sp³-hybridized carbons (Fsp3) is 0.667. The maximum atomic E-state index is 11.2. The maximum absolute atomic E-state index is 11.2. The second-order valence-electron chi connectivity index (χ2n) is 3.33. The number of nitrogens with one attached hydrogen (secondary N) is 1. The van der Waals surface area contributed by atoms with E-state index in [0.29, 0.717) is 38.1 Å². The Morgan fingerprint density at radius 3 is 2.53 bits per heavy atom. The van der Waals surface area contributed by atoms with Crippen LogP contribution < -0.4 is 5.32 Å². The topological polar surface area (TPSA) is 64.6 Å². The molecule has 0 fully saturated rings. The van der Waals surface area contributed by atoms with E-state index < -0.39 is 0 Å². The highest BCUT2D eigenvalue weighted by atomic mass is 16.5. The van der Waals surface area contributed by atoms with Gasteiger partial charge in [0.1, 0.15) is 0 Å². The van der Waals surface area contributed by atoms with Crippen LogP contribution in [0, 0.1) is 0 Å². The molecule has 0 aliphatic heterocycles. The third kappa shape index (κ3) is 7.52. The van der Waals surface area contributed by atoms with Crippen molar-refractivity contribution in [2.24, 2.45) is 0 Å². The minimum absolute atomic E-state index is 0.215. The average molecular weight is 243 g/mol. The molecule has 0 aromatic rings. The number of carbonyl (C=O) groups is 2. The summed E-state index contributed by atoms with van der Waals surface area (Å²) in [6, 6.07) is 0. The summed E-state index contributed by atoms with van der Waals surface area (Å²) in [5.74, 6) is -0.521. The molecule has 0 aliphatic rings. The molecule has 0 atom stereocenters. The van der Waals surface area contributed by atoms with Gasteiger partial charge in [0.2, 0.25) is 0 Å². The van der Waals surface area contributed by atoms with Gasteiger partial charge >= 0.3 is 11.9 Å². The summed E-state index contributed by atoms with van der Waals surface area (Å²) in [4.78, 5) is 22.2. The van der Waals surface area contributed by atoms with Crippen LogP contribution in [0.1, 0.15) is 26.7 Å². The fourth-order valence-electron chi connectivity index (χ4n) is 1.22. The highest BCUT2D eigenvalue weighted by Crippen LogP contribution is 2.01. The van der Waals surface area contributed by atoms with Gasteiger partial charge in [0.25, 0.3) is 0 Å². The standard InChI is InChI=1S/C12H21NO4/c1-4-10(12(15)16-3)6-8-13-9-7-11(14)17-5-2/h6,13H,4-5,7-9H2,1-3H3/b10-6-. The van der Waals surface area contributed by atoms with Crippen molar-refractivity contribution in [3.63, 3.8) is 0 Å². The molecule has 0 saturated carbocycles. The predicted octanol–water partition coefficient (Wildman–Crippen LogP) is 1.04. The molecule has 0 aromatic heterocycles. The third-order valence-corrected chi connectivity index (χ3v) is 2.13. The van der Waals surface area contributed by atoms with Gasteiger partial charge in [-0.3, -0.25) is 4.79 Å². The van der Waals surface area contributed by atoms with Gasteiger partial charge in [0.05, 0.1) is 20.1 Å². The Hall–Kier alpha value is -1.36. The number of ether oxygens (including phenoxy) is 2. The molecule has 0 aliphatic carbocycles. The minimum atomic E-state index is -0.306. The van der Waals surface area contributed by atoms with Gasteiger partial charge in [0.15, 0.2) is 0 Å². The van der Waals surface area contributed by atoms with Crippen LogP contribution in [0.5, 0.6) is 0 Å². The van der Waals surface area contributed by atoms with Gasteiger partial charge in [-0.15, -0.1) is 0 Å². The van der Waals surface area contributed by atoms with Crippen LogP contribution in [-0.4, -0.2) is 38.7 Å². The van der Waals surface area contributed by atoms with E-state index in [2.05, 4.69) is 10.1 Å². The fourth-order valence-corrected chi connectivity index (χ4v) is 1.22. The molecule has 0 aromatic carbocycles. The average Bonchev–Trinajstić information content (AvgIpc) is 2.33. The molecule has 0 unspecified atom stereocenters. The van der Waals surface area contributed by atoms with Gasteiger partial charge in [-0.1, -0.05) is 13.0 Å². The number of hydrogen-bond donors (Lipinski definition) is 1. The Morgan fingerprint density at radius 2 is 2.00 bits per heavy atom. The number of hydrogen-bond acceptors (Lipinski definition) is 5. The van der Waals surface area contributed by atoms with Gasteiger partial charge in [0, 0.05) is 18.7 Å². The van der Waals surface area contributed by atoms with Crippen molar-refractivity contribution in [1.29, 1.82) is 0 Å². The largest absolute Gasteiger partial charge is 0.466 e. The summed E-state index contributed by atoms with van der Waals surface area (Å²) in [6.45, 7) is 5.14. The summed E-state index contributed by atoms with van der Waals surface area (Å²) in [6.07, 6.45) is 2.74. The molecular formula is C12H21NO4. The number of carbonyl (C=O) groups excluding carboxylic acids is 2. The highest BCUT2D eigenvalue weighted by molar-refractivity contribution is 5.88. The van der Waals surface area contributed by atoms with Crippen molar-refractivity contribution in [1.82, 2.24) is 5.32 Å². The van der Waals surface area contributed by atoms with E-state index in [1.165, 1.54) is 7.11 Å². The van der Waals surface area contributed by atoms with Crippen LogP contribution in [0.25, 0.3) is 0 Å². The van der Waals surface area contributed by atoms with E-state index in [1.807, 2.05) is 6.92 Å². The summed E-state index contributed by atoms with van der Waals surface area (Å²) in [5.41, 5.74) is 0.635. The molecule has 5 heteroatoms. The SMILES string of the molecule is CCOC(=O)CCNC/C=C(/CC)C(=O)OC. The zero-order chi connectivity index (χ0) is 13.1. The normalized spacial score (nSPS) is 11.1. The van der Waals surface area contributed by atoms with Crippen molar-refractivity contribution >= 4 is 11.9 Å². The Bertz CT molecular complexity index is 274. The Morgan fingerprint density at radius 1 is 1.29 bits per heavy atom. The number of methoxy groups -OCH3 is 1. The van der Waals surface area contributed by atoms with Crippen LogP contribution in [0.3, 0.4) is 0 Å². The first kappa shape index (κ1) is 15.6. The Kier molecular flexibility index (Phi) is 9.05. The third-order valence-electron chi connectivity index (χ3n) is 2.13. The predicted molar refractivity (Wildman–Crippen MR) is 64.5 cm³/mol. The molecule has 0 bridgehead atoms. The van der Waals surface area contributed by atoms with Gasteiger partial charge in [-0.2, -0.15) is 0 Å². The van der Waals surface area contributed by atoms with Crippen LogP contribution in [0.4, 0.5) is 0 Å². The Labute approximate surface area is 102 Å². The second-order valence-corrected chi connectivity index (χ2v) is 3.33. The molecule has 5 nitrogen and oxygen atoms in total. The monoisotopic (exact) mass is 243 g/mol. The summed E-state index contributed by atoms with van der Waals surface area (Å²) >= 11 is 0. The van der Waals surface area contributed by atoms with E-state index in [4.69, 9.17) is 4.74 Å². The van der Waals surface area contributed by atoms with Crippen LogP contribution in [-0.2, 0) is 19.1 Å². The molecule has 0 spiro atoms. The highest BCUT2D eigenvalue weighted by Gasteiger charge is 2.05. The van der Waals surface area contributed by atoms with Gasteiger partial charge in [-0.05, 0) is 13.3 Å². The van der Waals surface area contributed by atoms with Crippen molar-refractivity contribution in [2.75, 3.05) is 26.8 Å². The number of esters is 2. The lowest BCUT2D eigenvalue weighted by Gasteiger charge is -2.04. The van der Waals surface area contributed by atoms with E-state index >= 15 is 0 Å². The Balaban J connectivity index is 3.77. The first-order valence-corrected chi connectivity index (χ1v) is 5.79. The molecule has 1 N–H and O–H groups in total.